The Bertz CT molecular complexity index is 750. The summed E-state index contributed by atoms with van der Waals surface area (Å²) in [5.41, 5.74) is 5.65. The zero-order valence-electron chi connectivity index (χ0n) is 20.4. The molecule has 1 fully saturated rings. The van der Waals surface area contributed by atoms with E-state index in [9.17, 15) is 0 Å². The van der Waals surface area contributed by atoms with Gasteiger partial charge < -0.3 is 4.74 Å². The van der Waals surface area contributed by atoms with Gasteiger partial charge in [-0.25, -0.2) is 0 Å². The molecule has 0 heterocycles. The molecule has 0 radical (unpaired) electrons. The highest BCUT2D eigenvalue weighted by Crippen LogP contribution is 2.34. The topological polar surface area (TPSA) is 9.23 Å². The molecule has 1 nitrogen and oxygen atoms in total. The molecule has 2 aromatic rings. The lowest BCUT2D eigenvalue weighted by Gasteiger charge is -2.28. The van der Waals surface area contributed by atoms with Crippen LogP contribution in [0, 0.1) is 11.8 Å². The molecule has 0 atom stereocenters. The van der Waals surface area contributed by atoms with E-state index in [0.717, 1.165) is 37.9 Å². The second-order valence-corrected chi connectivity index (χ2v) is 9.85. The van der Waals surface area contributed by atoms with E-state index in [4.69, 9.17) is 4.74 Å². The highest BCUT2D eigenvalue weighted by molar-refractivity contribution is 5.24. The van der Waals surface area contributed by atoms with E-state index in [1.807, 2.05) is 6.08 Å². The summed E-state index contributed by atoms with van der Waals surface area (Å²) >= 11 is 0. The molecule has 32 heavy (non-hydrogen) atoms. The first-order chi connectivity index (χ1) is 15.8. The van der Waals surface area contributed by atoms with Crippen molar-refractivity contribution in [3.63, 3.8) is 0 Å². The standard InChI is InChI=1S/C31H44O/c1-3-7-26-10-14-29(15-11-26)18-19-30-16-12-27(13-17-30)8-5-6-9-28-20-22-31(23-21-28)25-32-24-4-2/h3,10-11,14-15,20-23,27,30H,1,4-9,12-13,16-19,24-25H2,2H3. The molecule has 1 saturated carbocycles. The van der Waals surface area contributed by atoms with E-state index < -0.39 is 0 Å². The zero-order chi connectivity index (χ0) is 22.4. The Morgan fingerprint density at radius 2 is 1.31 bits per heavy atom. The Morgan fingerprint density at radius 1 is 0.750 bits per heavy atom. The van der Waals surface area contributed by atoms with Crippen LogP contribution in [0.3, 0.4) is 0 Å². The molecule has 1 aliphatic carbocycles. The number of hydrogen-bond acceptors (Lipinski definition) is 1. The van der Waals surface area contributed by atoms with Gasteiger partial charge in [-0.2, -0.15) is 0 Å². The molecule has 0 amide bonds. The first-order valence-corrected chi connectivity index (χ1v) is 13.1. The molecule has 0 aliphatic heterocycles. The molecule has 0 bridgehead atoms. The summed E-state index contributed by atoms with van der Waals surface area (Å²) in [5, 5.41) is 0. The van der Waals surface area contributed by atoms with Gasteiger partial charge in [-0.1, -0.05) is 100 Å². The van der Waals surface area contributed by atoms with Gasteiger partial charge in [0.25, 0.3) is 0 Å². The van der Waals surface area contributed by atoms with Crippen LogP contribution in [0.1, 0.15) is 87.0 Å². The molecule has 0 saturated heterocycles. The normalized spacial score (nSPS) is 18.5. The molecule has 174 valence electrons. The summed E-state index contributed by atoms with van der Waals surface area (Å²) in [5.74, 6) is 1.92. The lowest BCUT2D eigenvalue weighted by molar-refractivity contribution is 0.121. The Morgan fingerprint density at radius 3 is 1.94 bits per heavy atom. The first-order valence-electron chi connectivity index (χ1n) is 13.1. The van der Waals surface area contributed by atoms with Gasteiger partial charge in [0.05, 0.1) is 6.61 Å². The number of benzene rings is 2. The fraction of sp³-hybridized carbons (Fsp3) is 0.548. The van der Waals surface area contributed by atoms with Crippen LogP contribution >= 0.6 is 0 Å². The van der Waals surface area contributed by atoms with Gasteiger partial charge in [0.2, 0.25) is 0 Å². The van der Waals surface area contributed by atoms with Crippen LogP contribution in [0.4, 0.5) is 0 Å². The largest absolute Gasteiger partial charge is 0.377 e. The predicted octanol–water partition coefficient (Wildman–Crippen LogP) is 8.49. The second kappa shape index (κ2) is 14.3. The minimum absolute atomic E-state index is 0.749. The van der Waals surface area contributed by atoms with Gasteiger partial charge in [-0.3, -0.25) is 0 Å². The van der Waals surface area contributed by atoms with Gasteiger partial charge in [-0.15, -0.1) is 6.58 Å². The summed E-state index contributed by atoms with van der Waals surface area (Å²) in [6.07, 6.45) is 17.8. The van der Waals surface area contributed by atoms with E-state index in [2.05, 4.69) is 62.0 Å². The van der Waals surface area contributed by atoms with Crippen molar-refractivity contribution < 1.29 is 4.74 Å². The number of aryl methyl sites for hydroxylation is 2. The molecular formula is C31H44O. The quantitative estimate of drug-likeness (QED) is 0.215. The molecule has 0 aromatic heterocycles. The maximum atomic E-state index is 5.63. The monoisotopic (exact) mass is 432 g/mol. The number of unbranched alkanes of at least 4 members (excludes halogenated alkanes) is 1. The Hall–Kier alpha value is -1.86. The van der Waals surface area contributed by atoms with Crippen molar-refractivity contribution in [2.24, 2.45) is 11.8 Å². The van der Waals surface area contributed by atoms with Gasteiger partial charge in [0.1, 0.15) is 0 Å². The van der Waals surface area contributed by atoms with E-state index in [0.29, 0.717) is 0 Å². The number of ether oxygens (including phenoxy) is 1. The Kier molecular flexibility index (Phi) is 11.1. The second-order valence-electron chi connectivity index (χ2n) is 9.85. The van der Waals surface area contributed by atoms with Crippen molar-refractivity contribution >= 4 is 0 Å². The predicted molar refractivity (Wildman–Crippen MR) is 138 cm³/mol. The molecule has 1 heteroatoms. The molecule has 0 N–H and O–H groups in total. The zero-order valence-corrected chi connectivity index (χ0v) is 20.4. The van der Waals surface area contributed by atoms with Crippen LogP contribution in [0.15, 0.2) is 61.2 Å². The van der Waals surface area contributed by atoms with Crippen LogP contribution in [-0.4, -0.2) is 6.61 Å². The Labute approximate surface area is 197 Å². The highest BCUT2D eigenvalue weighted by Gasteiger charge is 2.20. The minimum Gasteiger partial charge on any atom is -0.377 e. The van der Waals surface area contributed by atoms with Gasteiger partial charge >= 0.3 is 0 Å². The fourth-order valence-electron chi connectivity index (χ4n) is 5.09. The lowest BCUT2D eigenvalue weighted by atomic mass is 9.77. The summed E-state index contributed by atoms with van der Waals surface area (Å²) in [7, 11) is 0. The van der Waals surface area contributed by atoms with Gasteiger partial charge in [0, 0.05) is 6.61 Å². The van der Waals surface area contributed by atoms with Crippen molar-refractivity contribution in [3.8, 4) is 0 Å². The lowest BCUT2D eigenvalue weighted by Crippen LogP contribution is -2.15. The SMILES string of the molecule is C=CCc1ccc(CCC2CCC(CCCCc3ccc(COCCC)cc3)CC2)cc1. The number of hydrogen-bond donors (Lipinski definition) is 0. The summed E-state index contributed by atoms with van der Waals surface area (Å²) in [6, 6.07) is 18.2. The van der Waals surface area contributed by atoms with Gasteiger partial charge in [0.15, 0.2) is 0 Å². The highest BCUT2D eigenvalue weighted by atomic mass is 16.5. The first kappa shape index (κ1) is 24.8. The third-order valence-corrected chi connectivity index (χ3v) is 7.18. The number of allylic oxidation sites excluding steroid dienone is 1. The van der Waals surface area contributed by atoms with E-state index in [-0.39, 0.29) is 0 Å². The van der Waals surface area contributed by atoms with Crippen LogP contribution in [-0.2, 0) is 30.6 Å². The smallest absolute Gasteiger partial charge is 0.0716 e. The van der Waals surface area contributed by atoms with Crippen LogP contribution in [0.25, 0.3) is 0 Å². The third kappa shape index (κ3) is 8.94. The summed E-state index contributed by atoms with van der Waals surface area (Å²) < 4.78 is 5.63. The number of rotatable bonds is 14. The molecule has 1 aliphatic rings. The van der Waals surface area contributed by atoms with Crippen molar-refractivity contribution in [2.75, 3.05) is 6.61 Å². The van der Waals surface area contributed by atoms with E-state index in [1.54, 1.807) is 0 Å². The summed E-state index contributed by atoms with van der Waals surface area (Å²) in [4.78, 5) is 0. The minimum atomic E-state index is 0.749. The molecule has 2 aromatic carbocycles. The molecular weight excluding hydrogens is 388 g/mol. The molecule has 0 spiro atoms. The van der Waals surface area contributed by atoms with Crippen LogP contribution < -0.4 is 0 Å². The van der Waals surface area contributed by atoms with Gasteiger partial charge in [-0.05, 0) is 72.6 Å². The maximum absolute atomic E-state index is 5.63. The maximum Gasteiger partial charge on any atom is 0.0716 e. The third-order valence-electron chi connectivity index (χ3n) is 7.18. The van der Waals surface area contributed by atoms with Crippen molar-refractivity contribution in [2.45, 2.75) is 90.6 Å². The van der Waals surface area contributed by atoms with Crippen molar-refractivity contribution in [3.05, 3.63) is 83.4 Å². The average Bonchev–Trinajstić information content (AvgIpc) is 2.83. The summed E-state index contributed by atoms with van der Waals surface area (Å²) in [6.45, 7) is 7.59. The van der Waals surface area contributed by atoms with Crippen molar-refractivity contribution in [1.82, 2.24) is 0 Å². The Balaban J connectivity index is 1.25. The fourth-order valence-corrected chi connectivity index (χ4v) is 5.09. The molecule has 3 rings (SSSR count). The van der Waals surface area contributed by atoms with Crippen LogP contribution in [0.5, 0.6) is 0 Å². The average molecular weight is 433 g/mol. The molecule has 0 unspecified atom stereocenters. The van der Waals surface area contributed by atoms with Crippen LogP contribution in [0.2, 0.25) is 0 Å². The van der Waals surface area contributed by atoms with Crippen molar-refractivity contribution in [1.29, 1.82) is 0 Å². The van der Waals surface area contributed by atoms with E-state index in [1.165, 1.54) is 86.5 Å². The van der Waals surface area contributed by atoms with E-state index >= 15 is 0 Å².